The van der Waals surface area contributed by atoms with Crippen LogP contribution in [0, 0.1) is 0 Å². The normalized spacial score (nSPS) is 10.3. The van der Waals surface area contributed by atoms with Gasteiger partial charge in [0.25, 0.3) is 0 Å². The van der Waals surface area contributed by atoms with E-state index >= 15 is 0 Å². The van der Waals surface area contributed by atoms with Crippen LogP contribution in [0.2, 0.25) is 0 Å². The number of benzene rings is 2. The van der Waals surface area contributed by atoms with Gasteiger partial charge in [-0.2, -0.15) is 0 Å². The first kappa shape index (κ1) is 20.5. The summed E-state index contributed by atoms with van der Waals surface area (Å²) in [5.74, 6) is -0.0938. The lowest BCUT2D eigenvalue weighted by Crippen LogP contribution is -2.34. The molecule has 2 aromatic rings. The zero-order valence-electron chi connectivity index (χ0n) is 16.4. The quantitative estimate of drug-likeness (QED) is 0.692. The Morgan fingerprint density at radius 2 is 1.56 bits per heavy atom. The van der Waals surface area contributed by atoms with E-state index < -0.39 is 0 Å². The standard InChI is InChI=1S/C22H29N3O2/c1-18(26)25(21-13-11-20(12-14-21)24(2)3)17-15-22(27)23-16-7-10-19-8-5-4-6-9-19/h4-6,8-9,11-14H,7,10,15-17H2,1-3H3,(H,23,27). The smallest absolute Gasteiger partial charge is 0.223 e. The van der Waals surface area contributed by atoms with Crippen molar-refractivity contribution in [2.75, 3.05) is 37.0 Å². The van der Waals surface area contributed by atoms with Gasteiger partial charge in [-0.1, -0.05) is 30.3 Å². The van der Waals surface area contributed by atoms with Gasteiger partial charge in [0, 0.05) is 51.9 Å². The third kappa shape index (κ3) is 6.77. The summed E-state index contributed by atoms with van der Waals surface area (Å²) in [4.78, 5) is 27.7. The van der Waals surface area contributed by atoms with Crippen LogP contribution >= 0.6 is 0 Å². The van der Waals surface area contributed by atoms with Crippen molar-refractivity contribution in [3.05, 3.63) is 60.2 Å². The molecular weight excluding hydrogens is 338 g/mol. The number of anilines is 2. The molecule has 0 atom stereocenters. The maximum absolute atomic E-state index is 12.1. The fourth-order valence-electron chi connectivity index (χ4n) is 2.87. The molecule has 0 heterocycles. The number of aryl methyl sites for hydroxylation is 1. The Morgan fingerprint density at radius 1 is 0.926 bits per heavy atom. The first-order valence-corrected chi connectivity index (χ1v) is 9.33. The minimum atomic E-state index is -0.0653. The second-order valence-electron chi connectivity index (χ2n) is 6.77. The molecule has 0 unspecified atom stereocenters. The Kier molecular flexibility index (Phi) is 7.86. The number of nitrogens with one attached hydrogen (secondary N) is 1. The highest BCUT2D eigenvalue weighted by molar-refractivity contribution is 5.92. The van der Waals surface area contributed by atoms with Crippen LogP contribution in [0.3, 0.4) is 0 Å². The second kappa shape index (κ2) is 10.4. The summed E-state index contributed by atoms with van der Waals surface area (Å²) in [5.41, 5.74) is 3.15. The highest BCUT2D eigenvalue weighted by Crippen LogP contribution is 2.20. The average Bonchev–Trinajstić information content (AvgIpc) is 2.66. The van der Waals surface area contributed by atoms with Crippen molar-refractivity contribution < 1.29 is 9.59 Å². The van der Waals surface area contributed by atoms with Gasteiger partial charge < -0.3 is 15.1 Å². The fourth-order valence-corrected chi connectivity index (χ4v) is 2.87. The molecule has 0 aliphatic carbocycles. The number of hydrogen-bond acceptors (Lipinski definition) is 3. The summed E-state index contributed by atoms with van der Waals surface area (Å²) in [6, 6.07) is 18.0. The van der Waals surface area contributed by atoms with E-state index in [0.717, 1.165) is 24.2 Å². The monoisotopic (exact) mass is 367 g/mol. The van der Waals surface area contributed by atoms with E-state index in [4.69, 9.17) is 0 Å². The predicted molar refractivity (Wildman–Crippen MR) is 111 cm³/mol. The minimum Gasteiger partial charge on any atom is -0.378 e. The van der Waals surface area contributed by atoms with Gasteiger partial charge in [-0.3, -0.25) is 9.59 Å². The van der Waals surface area contributed by atoms with E-state index in [-0.39, 0.29) is 11.8 Å². The van der Waals surface area contributed by atoms with E-state index in [9.17, 15) is 9.59 Å². The Hall–Kier alpha value is -2.82. The van der Waals surface area contributed by atoms with E-state index in [1.165, 1.54) is 12.5 Å². The third-order valence-corrected chi connectivity index (χ3v) is 4.43. The lowest BCUT2D eigenvalue weighted by Gasteiger charge is -2.22. The summed E-state index contributed by atoms with van der Waals surface area (Å²) in [6.07, 6.45) is 2.14. The Balaban J connectivity index is 1.77. The highest BCUT2D eigenvalue weighted by atomic mass is 16.2. The molecule has 0 saturated heterocycles. The number of rotatable bonds is 9. The van der Waals surface area contributed by atoms with Crippen molar-refractivity contribution in [2.24, 2.45) is 0 Å². The van der Waals surface area contributed by atoms with Crippen LogP contribution in [-0.2, 0) is 16.0 Å². The van der Waals surface area contributed by atoms with Crippen molar-refractivity contribution in [1.29, 1.82) is 0 Å². The van der Waals surface area contributed by atoms with Gasteiger partial charge >= 0.3 is 0 Å². The molecule has 0 aliphatic heterocycles. The van der Waals surface area contributed by atoms with Crippen LogP contribution in [0.15, 0.2) is 54.6 Å². The molecule has 0 bridgehead atoms. The molecule has 2 amide bonds. The Bertz CT molecular complexity index is 727. The van der Waals surface area contributed by atoms with Gasteiger partial charge in [0.2, 0.25) is 11.8 Å². The summed E-state index contributed by atoms with van der Waals surface area (Å²) >= 11 is 0. The lowest BCUT2D eigenvalue weighted by molar-refractivity contribution is -0.121. The van der Waals surface area contributed by atoms with E-state index in [0.29, 0.717) is 19.5 Å². The number of amides is 2. The Morgan fingerprint density at radius 3 is 2.15 bits per heavy atom. The fraction of sp³-hybridized carbons (Fsp3) is 0.364. The molecule has 0 aromatic heterocycles. The summed E-state index contributed by atoms with van der Waals surface area (Å²) in [5, 5.41) is 2.94. The third-order valence-electron chi connectivity index (χ3n) is 4.43. The van der Waals surface area contributed by atoms with Crippen LogP contribution in [-0.4, -0.2) is 39.0 Å². The lowest BCUT2D eigenvalue weighted by atomic mass is 10.1. The van der Waals surface area contributed by atoms with Gasteiger partial charge in [-0.25, -0.2) is 0 Å². The number of carbonyl (C=O) groups excluding carboxylic acids is 2. The minimum absolute atomic E-state index is 0.0285. The van der Waals surface area contributed by atoms with Crippen molar-refractivity contribution in [3.63, 3.8) is 0 Å². The van der Waals surface area contributed by atoms with Gasteiger partial charge in [0.15, 0.2) is 0 Å². The van der Waals surface area contributed by atoms with Gasteiger partial charge in [-0.15, -0.1) is 0 Å². The summed E-state index contributed by atoms with van der Waals surface area (Å²) < 4.78 is 0. The SMILES string of the molecule is CC(=O)N(CCC(=O)NCCCc1ccccc1)c1ccc(N(C)C)cc1. The number of carbonyl (C=O) groups is 2. The predicted octanol–water partition coefficient (Wildman–Crippen LogP) is 3.24. The number of hydrogen-bond donors (Lipinski definition) is 1. The molecule has 144 valence electrons. The summed E-state index contributed by atoms with van der Waals surface area (Å²) in [7, 11) is 3.94. The van der Waals surface area contributed by atoms with Crippen LogP contribution in [0.4, 0.5) is 11.4 Å². The molecule has 5 heteroatoms. The molecule has 0 fully saturated rings. The molecule has 27 heavy (non-hydrogen) atoms. The van der Waals surface area contributed by atoms with Crippen LogP contribution in [0.1, 0.15) is 25.3 Å². The maximum atomic E-state index is 12.1. The van der Waals surface area contributed by atoms with Crippen molar-refractivity contribution >= 4 is 23.2 Å². The van der Waals surface area contributed by atoms with Crippen molar-refractivity contribution in [3.8, 4) is 0 Å². The molecule has 2 rings (SSSR count). The average molecular weight is 367 g/mol. The highest BCUT2D eigenvalue weighted by Gasteiger charge is 2.13. The van der Waals surface area contributed by atoms with Gasteiger partial charge in [-0.05, 0) is 42.7 Å². The molecule has 5 nitrogen and oxygen atoms in total. The largest absolute Gasteiger partial charge is 0.378 e. The summed E-state index contributed by atoms with van der Waals surface area (Å²) in [6.45, 7) is 2.55. The molecular formula is C22H29N3O2. The van der Waals surface area contributed by atoms with Gasteiger partial charge in [0.1, 0.15) is 0 Å². The second-order valence-corrected chi connectivity index (χ2v) is 6.77. The van der Waals surface area contributed by atoms with Crippen molar-refractivity contribution in [2.45, 2.75) is 26.2 Å². The zero-order valence-corrected chi connectivity index (χ0v) is 16.4. The first-order chi connectivity index (χ1) is 13.0. The molecule has 1 N–H and O–H groups in total. The maximum Gasteiger partial charge on any atom is 0.223 e. The number of nitrogens with zero attached hydrogens (tertiary/aromatic N) is 2. The first-order valence-electron chi connectivity index (χ1n) is 9.33. The Labute approximate surface area is 162 Å². The van der Waals surface area contributed by atoms with Crippen LogP contribution in [0.5, 0.6) is 0 Å². The molecule has 0 radical (unpaired) electrons. The van der Waals surface area contributed by atoms with E-state index in [1.807, 2.05) is 61.5 Å². The molecule has 0 aliphatic rings. The zero-order chi connectivity index (χ0) is 19.6. The molecule has 0 saturated carbocycles. The van der Waals surface area contributed by atoms with E-state index in [1.54, 1.807) is 4.90 Å². The molecule has 2 aromatic carbocycles. The topological polar surface area (TPSA) is 52.7 Å². The van der Waals surface area contributed by atoms with Crippen LogP contribution in [0.25, 0.3) is 0 Å². The van der Waals surface area contributed by atoms with Crippen molar-refractivity contribution in [1.82, 2.24) is 5.32 Å². The van der Waals surface area contributed by atoms with Crippen LogP contribution < -0.4 is 15.1 Å². The molecule has 0 spiro atoms. The van der Waals surface area contributed by atoms with Gasteiger partial charge in [0.05, 0.1) is 0 Å². The van der Waals surface area contributed by atoms with E-state index in [2.05, 4.69) is 17.4 Å².